The number of imide groups is 1. The molecule has 1 aliphatic heterocycles. The quantitative estimate of drug-likeness (QED) is 0.637. The largest absolute Gasteiger partial charge is 0.398 e. The molecule has 6 heteroatoms. The van der Waals surface area contributed by atoms with Crippen LogP contribution in [0.3, 0.4) is 0 Å². The van der Waals surface area contributed by atoms with Crippen molar-refractivity contribution in [2.24, 2.45) is 0 Å². The second-order valence-electron chi connectivity index (χ2n) is 3.78. The van der Waals surface area contributed by atoms with Crippen LogP contribution in [0.5, 0.6) is 0 Å². The van der Waals surface area contributed by atoms with Crippen molar-refractivity contribution in [3.05, 3.63) is 24.0 Å². The zero-order valence-corrected chi connectivity index (χ0v) is 9.96. The minimum Gasteiger partial charge on any atom is -0.398 e. The number of carbonyl (C=O) groups is 2. The van der Waals surface area contributed by atoms with Gasteiger partial charge < -0.3 is 5.73 Å². The highest BCUT2D eigenvalue weighted by Crippen LogP contribution is 2.34. The van der Waals surface area contributed by atoms with Crippen LogP contribution in [0, 0.1) is 5.82 Å². The monoisotopic (exact) mass is 254 g/mol. The van der Waals surface area contributed by atoms with Gasteiger partial charge in [0.05, 0.1) is 5.25 Å². The van der Waals surface area contributed by atoms with Crippen LogP contribution in [-0.2, 0) is 9.59 Å². The number of nitrogen functional groups attached to an aromatic ring is 1. The fraction of sp³-hybridized carbons (Fsp3) is 0.273. The maximum absolute atomic E-state index is 13.0. The second-order valence-corrected chi connectivity index (χ2v) is 5.03. The molecule has 0 bridgehead atoms. The van der Waals surface area contributed by atoms with Crippen LogP contribution in [0.2, 0.25) is 0 Å². The van der Waals surface area contributed by atoms with E-state index >= 15 is 0 Å². The average molecular weight is 254 g/mol. The van der Waals surface area contributed by atoms with E-state index in [1.54, 1.807) is 0 Å². The van der Waals surface area contributed by atoms with Gasteiger partial charge in [-0.2, -0.15) is 0 Å². The SMILES string of the molecule is CN1C(=O)CC(Sc2cc(F)ccc2N)C1=O. The third-order valence-corrected chi connectivity index (χ3v) is 3.85. The lowest BCUT2D eigenvalue weighted by molar-refractivity contribution is -0.136. The predicted molar refractivity (Wildman–Crippen MR) is 62.9 cm³/mol. The van der Waals surface area contributed by atoms with Crippen LogP contribution in [0.15, 0.2) is 23.1 Å². The van der Waals surface area contributed by atoms with Gasteiger partial charge in [-0.3, -0.25) is 14.5 Å². The van der Waals surface area contributed by atoms with E-state index in [0.717, 1.165) is 16.7 Å². The number of likely N-dealkylation sites (tertiary alicyclic amines) is 1. The number of nitrogens with two attached hydrogens (primary N) is 1. The van der Waals surface area contributed by atoms with E-state index in [1.165, 1.54) is 25.2 Å². The minimum atomic E-state index is -0.503. The van der Waals surface area contributed by atoms with E-state index in [0.29, 0.717) is 10.6 Å². The van der Waals surface area contributed by atoms with Crippen molar-refractivity contribution in [3.8, 4) is 0 Å². The molecule has 4 nitrogen and oxygen atoms in total. The maximum Gasteiger partial charge on any atom is 0.242 e. The third-order valence-electron chi connectivity index (χ3n) is 2.58. The van der Waals surface area contributed by atoms with Crippen LogP contribution in [0.4, 0.5) is 10.1 Å². The number of halogens is 1. The number of rotatable bonds is 2. The van der Waals surface area contributed by atoms with Crippen molar-refractivity contribution in [1.29, 1.82) is 0 Å². The number of carbonyl (C=O) groups excluding carboxylic acids is 2. The van der Waals surface area contributed by atoms with Gasteiger partial charge in [0.15, 0.2) is 0 Å². The summed E-state index contributed by atoms with van der Waals surface area (Å²) in [6.45, 7) is 0. The molecule has 1 atom stereocenters. The maximum atomic E-state index is 13.0. The summed E-state index contributed by atoms with van der Waals surface area (Å²) in [5, 5.41) is -0.503. The number of hydrogen-bond donors (Lipinski definition) is 1. The lowest BCUT2D eigenvalue weighted by atomic mass is 10.3. The molecule has 0 radical (unpaired) electrons. The minimum absolute atomic E-state index is 0.135. The number of benzene rings is 1. The molecule has 2 N–H and O–H groups in total. The highest BCUT2D eigenvalue weighted by atomic mass is 32.2. The van der Waals surface area contributed by atoms with Crippen molar-refractivity contribution in [3.63, 3.8) is 0 Å². The van der Waals surface area contributed by atoms with Gasteiger partial charge >= 0.3 is 0 Å². The van der Waals surface area contributed by atoms with Gasteiger partial charge in [-0.1, -0.05) is 0 Å². The van der Waals surface area contributed by atoms with Crippen molar-refractivity contribution >= 4 is 29.3 Å². The average Bonchev–Trinajstić information content (AvgIpc) is 2.52. The first kappa shape index (κ1) is 11.9. The van der Waals surface area contributed by atoms with E-state index in [4.69, 9.17) is 5.73 Å². The highest BCUT2D eigenvalue weighted by Gasteiger charge is 2.36. The fourth-order valence-electron chi connectivity index (χ4n) is 1.58. The van der Waals surface area contributed by atoms with Crippen molar-refractivity contribution in [2.75, 3.05) is 12.8 Å². The number of nitrogens with zero attached hydrogens (tertiary/aromatic N) is 1. The zero-order valence-electron chi connectivity index (χ0n) is 9.14. The molecule has 1 aliphatic rings. The molecule has 1 unspecified atom stereocenters. The van der Waals surface area contributed by atoms with Crippen LogP contribution < -0.4 is 5.73 Å². The molecule has 1 fully saturated rings. The fourth-order valence-corrected chi connectivity index (χ4v) is 2.75. The Kier molecular flexibility index (Phi) is 3.06. The van der Waals surface area contributed by atoms with Crippen molar-refractivity contribution in [1.82, 2.24) is 4.90 Å². The Balaban J connectivity index is 2.19. The zero-order chi connectivity index (χ0) is 12.6. The molecule has 1 aromatic rings. The molecule has 0 aromatic heterocycles. The van der Waals surface area contributed by atoms with Gasteiger partial charge in [-0.25, -0.2) is 4.39 Å². The van der Waals surface area contributed by atoms with Crippen LogP contribution in [-0.4, -0.2) is 29.0 Å². The highest BCUT2D eigenvalue weighted by molar-refractivity contribution is 8.00. The van der Waals surface area contributed by atoms with E-state index in [1.807, 2.05) is 0 Å². The van der Waals surface area contributed by atoms with Gasteiger partial charge in [-0.05, 0) is 18.2 Å². The standard InChI is InChI=1S/C11H11FN2O2S/c1-14-10(15)5-9(11(14)16)17-8-4-6(12)2-3-7(8)13/h2-4,9H,5,13H2,1H3. The molecular formula is C11H11FN2O2S. The normalized spacial score (nSPS) is 20.1. The van der Waals surface area contributed by atoms with E-state index < -0.39 is 11.1 Å². The number of amides is 2. The van der Waals surface area contributed by atoms with Gasteiger partial charge in [0, 0.05) is 24.1 Å². The van der Waals surface area contributed by atoms with Crippen LogP contribution in [0.25, 0.3) is 0 Å². The summed E-state index contributed by atoms with van der Waals surface area (Å²) in [4.78, 5) is 24.6. The molecule has 1 saturated heterocycles. The lowest BCUT2D eigenvalue weighted by Crippen LogP contribution is -2.26. The summed E-state index contributed by atoms with van der Waals surface area (Å²) in [5.41, 5.74) is 6.09. The Bertz CT molecular complexity index is 492. The molecule has 1 aromatic carbocycles. The predicted octanol–water partition coefficient (Wildman–Crippen LogP) is 1.26. The third kappa shape index (κ3) is 2.26. The number of anilines is 1. The van der Waals surface area contributed by atoms with Crippen LogP contribution >= 0.6 is 11.8 Å². The van der Waals surface area contributed by atoms with Crippen molar-refractivity contribution < 1.29 is 14.0 Å². The van der Waals surface area contributed by atoms with Gasteiger partial charge in [0.25, 0.3) is 0 Å². The Labute approximate surface area is 102 Å². The summed E-state index contributed by atoms with van der Waals surface area (Å²) >= 11 is 1.13. The van der Waals surface area contributed by atoms with Crippen LogP contribution in [0.1, 0.15) is 6.42 Å². The molecule has 0 saturated carbocycles. The summed E-state index contributed by atoms with van der Waals surface area (Å²) in [6.07, 6.45) is 0.135. The summed E-state index contributed by atoms with van der Waals surface area (Å²) in [7, 11) is 1.44. The molecule has 2 rings (SSSR count). The Morgan fingerprint density at radius 3 is 2.76 bits per heavy atom. The molecule has 1 heterocycles. The molecule has 90 valence electrons. The number of hydrogen-bond acceptors (Lipinski definition) is 4. The second kappa shape index (κ2) is 4.37. The smallest absolute Gasteiger partial charge is 0.242 e. The first-order valence-corrected chi connectivity index (χ1v) is 5.89. The van der Waals surface area contributed by atoms with E-state index in [2.05, 4.69) is 0 Å². The Morgan fingerprint density at radius 1 is 1.47 bits per heavy atom. The Hall–Kier alpha value is -1.56. The van der Waals surface area contributed by atoms with Gasteiger partial charge in [-0.15, -0.1) is 11.8 Å². The lowest BCUT2D eigenvalue weighted by Gasteiger charge is -2.10. The summed E-state index contributed by atoms with van der Waals surface area (Å²) in [6, 6.07) is 3.98. The molecule has 0 aliphatic carbocycles. The summed E-state index contributed by atoms with van der Waals surface area (Å²) < 4.78 is 13.0. The first-order valence-electron chi connectivity index (χ1n) is 5.01. The molecular weight excluding hydrogens is 243 g/mol. The first-order chi connectivity index (χ1) is 7.99. The van der Waals surface area contributed by atoms with Gasteiger partial charge in [0.1, 0.15) is 5.82 Å². The molecule has 0 spiro atoms. The topological polar surface area (TPSA) is 63.4 Å². The Morgan fingerprint density at radius 2 is 2.18 bits per heavy atom. The van der Waals surface area contributed by atoms with Gasteiger partial charge in [0.2, 0.25) is 11.8 Å². The molecule has 17 heavy (non-hydrogen) atoms. The molecule has 2 amide bonds. The number of thioether (sulfide) groups is 1. The van der Waals surface area contributed by atoms with E-state index in [9.17, 15) is 14.0 Å². The van der Waals surface area contributed by atoms with Crippen molar-refractivity contribution in [2.45, 2.75) is 16.6 Å². The van der Waals surface area contributed by atoms with E-state index in [-0.39, 0.29) is 18.2 Å². The summed E-state index contributed by atoms with van der Waals surface area (Å²) in [5.74, 6) is -0.891.